The fourth-order valence-corrected chi connectivity index (χ4v) is 4.06. The van der Waals surface area contributed by atoms with Gasteiger partial charge >= 0.3 is 0 Å². The van der Waals surface area contributed by atoms with Crippen molar-refractivity contribution in [1.29, 1.82) is 5.26 Å². The Kier molecular flexibility index (Phi) is 6.76. The third-order valence-electron chi connectivity index (χ3n) is 6.15. The lowest BCUT2D eigenvalue weighted by Gasteiger charge is -2.16. The fourth-order valence-electron chi connectivity index (χ4n) is 4.06. The molecule has 0 aliphatic carbocycles. The first-order valence-electron chi connectivity index (χ1n) is 11.8. The van der Waals surface area contributed by atoms with E-state index in [1.54, 1.807) is 25.3 Å². The third kappa shape index (κ3) is 5.04. The average Bonchev–Trinajstić information content (AvgIpc) is 3.36. The summed E-state index contributed by atoms with van der Waals surface area (Å²) >= 11 is 0. The lowest BCUT2D eigenvalue weighted by Crippen LogP contribution is -2.27. The van der Waals surface area contributed by atoms with Gasteiger partial charge in [0.05, 0.1) is 22.9 Å². The van der Waals surface area contributed by atoms with Gasteiger partial charge in [0.25, 0.3) is 5.91 Å². The van der Waals surface area contributed by atoms with E-state index in [0.29, 0.717) is 23.7 Å². The van der Waals surface area contributed by atoms with Gasteiger partial charge in [-0.15, -0.1) is 0 Å². The van der Waals surface area contributed by atoms with Crippen LogP contribution in [0, 0.1) is 17.1 Å². The Hall–Kier alpha value is -5.14. The van der Waals surface area contributed by atoms with Crippen molar-refractivity contribution in [2.45, 2.75) is 19.5 Å². The molecule has 0 spiro atoms. The summed E-state index contributed by atoms with van der Waals surface area (Å²) in [6.07, 6.45) is 3.16. The smallest absolute Gasteiger partial charge is 0.255 e. The number of carbonyl (C=O) groups excluding carboxylic acids is 1. The van der Waals surface area contributed by atoms with E-state index in [2.05, 4.69) is 30.8 Å². The molecule has 0 radical (unpaired) electrons. The molecule has 0 fully saturated rings. The molecule has 1 atom stereocenters. The van der Waals surface area contributed by atoms with E-state index in [9.17, 15) is 14.4 Å². The maximum atomic E-state index is 13.3. The van der Waals surface area contributed by atoms with Crippen LogP contribution in [0.3, 0.4) is 0 Å². The molecule has 0 unspecified atom stereocenters. The Balaban J connectivity index is 1.37. The summed E-state index contributed by atoms with van der Waals surface area (Å²) in [5.41, 5.74) is 11.0. The number of H-pyrrole nitrogens is 1. The Morgan fingerprint density at radius 2 is 1.84 bits per heavy atom. The van der Waals surface area contributed by atoms with Gasteiger partial charge in [0, 0.05) is 35.6 Å². The Morgan fingerprint density at radius 3 is 2.55 bits per heavy atom. The van der Waals surface area contributed by atoms with Crippen LogP contribution in [0.1, 0.15) is 40.1 Å². The summed E-state index contributed by atoms with van der Waals surface area (Å²) in [5, 5.41) is 23.3. The van der Waals surface area contributed by atoms with Crippen molar-refractivity contribution in [3.8, 4) is 17.2 Å². The van der Waals surface area contributed by atoms with Crippen LogP contribution in [0.5, 0.6) is 0 Å². The Morgan fingerprint density at radius 1 is 1.08 bits per heavy atom. The number of nitrogens with zero attached hydrogens (tertiary/aromatic N) is 4. The number of hydrogen-bond donors (Lipinski definition) is 4. The van der Waals surface area contributed by atoms with E-state index in [1.807, 2.05) is 36.4 Å². The molecule has 10 heteroatoms. The molecule has 9 nitrogen and oxygen atoms in total. The molecule has 188 valence electrons. The number of nitrogens with one attached hydrogen (secondary N) is 3. The van der Waals surface area contributed by atoms with Gasteiger partial charge in [-0.3, -0.25) is 9.89 Å². The van der Waals surface area contributed by atoms with E-state index in [1.165, 1.54) is 24.4 Å². The predicted octanol–water partition coefficient (Wildman–Crippen LogP) is 4.72. The number of pyridine rings is 2. The molecule has 5 rings (SSSR count). The molecule has 0 saturated carbocycles. The average molecular weight is 507 g/mol. The minimum atomic E-state index is -0.416. The molecule has 5 N–H and O–H groups in total. The monoisotopic (exact) mass is 506 g/mol. The SMILES string of the molecule is C[C@H](NC(=O)c1cc(C#N)cnc1Nc1ccc(-c2cnc3[nH]nc(CN)c3c2)cc1)c1ccc(F)cc1. The van der Waals surface area contributed by atoms with Crippen molar-refractivity contribution in [1.82, 2.24) is 25.5 Å². The van der Waals surface area contributed by atoms with Gasteiger partial charge in [-0.1, -0.05) is 24.3 Å². The second kappa shape index (κ2) is 10.5. The van der Waals surface area contributed by atoms with Gasteiger partial charge in [0.1, 0.15) is 17.7 Å². The highest BCUT2D eigenvalue weighted by Gasteiger charge is 2.18. The van der Waals surface area contributed by atoms with E-state index in [4.69, 9.17) is 5.73 Å². The number of aromatic amines is 1. The molecule has 0 aliphatic rings. The fraction of sp³-hybridized carbons (Fsp3) is 0.107. The van der Waals surface area contributed by atoms with Gasteiger partial charge < -0.3 is 16.4 Å². The number of rotatable bonds is 7. The van der Waals surface area contributed by atoms with Crippen LogP contribution in [0.2, 0.25) is 0 Å². The maximum absolute atomic E-state index is 13.3. The van der Waals surface area contributed by atoms with Crippen LogP contribution in [0.25, 0.3) is 22.2 Å². The zero-order valence-corrected chi connectivity index (χ0v) is 20.4. The summed E-state index contributed by atoms with van der Waals surface area (Å²) in [6.45, 7) is 2.11. The first-order valence-corrected chi connectivity index (χ1v) is 11.8. The highest BCUT2D eigenvalue weighted by Crippen LogP contribution is 2.27. The minimum absolute atomic E-state index is 0.214. The number of nitriles is 1. The second-order valence-corrected chi connectivity index (χ2v) is 8.68. The molecule has 3 heterocycles. The topological polar surface area (TPSA) is 145 Å². The van der Waals surface area contributed by atoms with Crippen LogP contribution in [-0.2, 0) is 6.54 Å². The van der Waals surface area contributed by atoms with E-state index in [0.717, 1.165) is 27.8 Å². The zero-order valence-electron chi connectivity index (χ0n) is 20.4. The highest BCUT2D eigenvalue weighted by molar-refractivity contribution is 6.00. The normalized spacial score (nSPS) is 11.6. The first kappa shape index (κ1) is 24.5. The molecule has 0 bridgehead atoms. The van der Waals surface area contributed by atoms with E-state index < -0.39 is 5.91 Å². The largest absolute Gasteiger partial charge is 0.345 e. The molecule has 0 aliphatic heterocycles. The summed E-state index contributed by atoms with van der Waals surface area (Å²) in [7, 11) is 0. The molecular weight excluding hydrogens is 483 g/mol. The third-order valence-corrected chi connectivity index (χ3v) is 6.15. The lowest BCUT2D eigenvalue weighted by molar-refractivity contribution is 0.0940. The molecule has 3 aromatic heterocycles. The Bertz CT molecular complexity index is 1660. The van der Waals surface area contributed by atoms with Crippen molar-refractivity contribution in [2.24, 2.45) is 5.73 Å². The van der Waals surface area contributed by atoms with Crippen molar-refractivity contribution < 1.29 is 9.18 Å². The molecule has 0 saturated heterocycles. The number of aromatic nitrogens is 4. The van der Waals surface area contributed by atoms with Crippen molar-refractivity contribution >= 4 is 28.4 Å². The number of halogens is 1. The molecule has 38 heavy (non-hydrogen) atoms. The van der Waals surface area contributed by atoms with Crippen LogP contribution in [-0.4, -0.2) is 26.1 Å². The van der Waals surface area contributed by atoms with E-state index >= 15 is 0 Å². The van der Waals surface area contributed by atoms with Gasteiger partial charge in [-0.2, -0.15) is 10.4 Å². The minimum Gasteiger partial charge on any atom is -0.345 e. The maximum Gasteiger partial charge on any atom is 0.255 e. The van der Waals surface area contributed by atoms with Gasteiger partial charge in [0.15, 0.2) is 5.65 Å². The number of anilines is 2. The first-order chi connectivity index (χ1) is 18.4. The standard InChI is InChI=1S/C28H23FN8O/c1-16(18-2-6-21(29)7-3-18)34-28(38)24-10-17(12-30)14-32-26(24)35-22-8-4-19(5-9-22)20-11-23-25(13-31)36-37-27(23)33-15-20/h2-11,14-16H,13,31H2,1H3,(H,32,35)(H,34,38)(H,33,36,37)/t16-/m0/s1. The quantitative estimate of drug-likeness (QED) is 0.250. The predicted molar refractivity (Wildman–Crippen MR) is 142 cm³/mol. The number of amides is 1. The van der Waals surface area contributed by atoms with Crippen LogP contribution in [0.15, 0.2) is 73.1 Å². The number of hydrogen-bond acceptors (Lipinski definition) is 7. The number of fused-ring (bicyclic) bond motifs is 1. The molecule has 1 amide bonds. The van der Waals surface area contributed by atoms with Crippen molar-refractivity contribution in [2.75, 3.05) is 5.32 Å². The van der Waals surface area contributed by atoms with Crippen LogP contribution < -0.4 is 16.4 Å². The summed E-state index contributed by atoms with van der Waals surface area (Å²) in [4.78, 5) is 21.9. The van der Waals surface area contributed by atoms with Crippen LogP contribution in [0.4, 0.5) is 15.9 Å². The number of benzene rings is 2. The van der Waals surface area contributed by atoms with Crippen molar-refractivity contribution in [3.63, 3.8) is 0 Å². The summed E-state index contributed by atoms with van der Waals surface area (Å²) in [6, 6.07) is 18.6. The van der Waals surface area contributed by atoms with Gasteiger partial charge in [-0.05, 0) is 54.4 Å². The second-order valence-electron chi connectivity index (χ2n) is 8.68. The number of nitrogens with two attached hydrogens (primary N) is 1. The summed E-state index contributed by atoms with van der Waals surface area (Å²) in [5.74, 6) is -0.468. The van der Waals surface area contributed by atoms with Crippen LogP contribution >= 0.6 is 0 Å². The summed E-state index contributed by atoms with van der Waals surface area (Å²) < 4.78 is 13.3. The van der Waals surface area contributed by atoms with Gasteiger partial charge in [-0.25, -0.2) is 14.4 Å². The van der Waals surface area contributed by atoms with E-state index in [-0.39, 0.29) is 23.0 Å². The Labute approximate surface area is 217 Å². The molecule has 2 aromatic carbocycles. The number of carbonyl (C=O) groups is 1. The molecule has 5 aromatic rings. The highest BCUT2D eigenvalue weighted by atomic mass is 19.1. The lowest BCUT2D eigenvalue weighted by atomic mass is 10.1. The molecular formula is C28H23FN8O. The van der Waals surface area contributed by atoms with Gasteiger partial charge in [0.2, 0.25) is 0 Å². The van der Waals surface area contributed by atoms with Crippen molar-refractivity contribution in [3.05, 3.63) is 101 Å². The zero-order chi connectivity index (χ0) is 26.6.